The fraction of sp³-hybridized carbons (Fsp3) is 0.588. The van der Waals surface area contributed by atoms with E-state index in [4.69, 9.17) is 0 Å². The summed E-state index contributed by atoms with van der Waals surface area (Å²) >= 11 is 0. The lowest BCUT2D eigenvalue weighted by molar-refractivity contribution is 0.171. The van der Waals surface area contributed by atoms with Crippen molar-refractivity contribution >= 4 is 11.7 Å². The summed E-state index contributed by atoms with van der Waals surface area (Å²) in [4.78, 5) is 14.5. The van der Waals surface area contributed by atoms with Gasteiger partial charge in [-0.05, 0) is 32.8 Å². The van der Waals surface area contributed by atoms with Crippen molar-refractivity contribution in [3.63, 3.8) is 0 Å². The van der Waals surface area contributed by atoms with E-state index in [0.717, 1.165) is 18.2 Å². The predicted octanol–water partition coefficient (Wildman–Crippen LogP) is 2.64. The van der Waals surface area contributed by atoms with Crippen molar-refractivity contribution in [2.24, 2.45) is 0 Å². The van der Waals surface area contributed by atoms with E-state index in [0.29, 0.717) is 23.8 Å². The summed E-state index contributed by atoms with van der Waals surface area (Å²) in [6.07, 6.45) is 6.52. The van der Waals surface area contributed by atoms with Crippen LogP contribution in [0.1, 0.15) is 61.9 Å². The minimum Gasteiger partial charge on any atom is -0.313 e. The maximum Gasteiger partial charge on any atom is 0.322 e. The van der Waals surface area contributed by atoms with Crippen molar-refractivity contribution in [3.05, 3.63) is 29.6 Å². The summed E-state index contributed by atoms with van der Waals surface area (Å²) in [5.74, 6) is 2.51. The van der Waals surface area contributed by atoms with Gasteiger partial charge in [0.1, 0.15) is 5.82 Å². The molecule has 1 aliphatic heterocycles. The smallest absolute Gasteiger partial charge is 0.313 e. The number of amides is 2. The lowest BCUT2D eigenvalue weighted by atomic mass is 10.1. The Hall–Kier alpha value is -2.51. The van der Waals surface area contributed by atoms with E-state index in [9.17, 15) is 4.79 Å². The number of carbonyl (C=O) groups excluding carboxylic acids is 1. The highest BCUT2D eigenvalue weighted by molar-refractivity contribution is 5.90. The second-order valence-corrected chi connectivity index (χ2v) is 6.88. The quantitative estimate of drug-likeness (QED) is 0.907. The molecule has 1 unspecified atom stereocenters. The Kier molecular flexibility index (Phi) is 4.10. The van der Waals surface area contributed by atoms with E-state index in [2.05, 4.69) is 30.3 Å². The van der Waals surface area contributed by atoms with Crippen LogP contribution in [-0.4, -0.2) is 42.4 Å². The maximum atomic E-state index is 12.7. The van der Waals surface area contributed by atoms with E-state index >= 15 is 0 Å². The molecule has 1 N–H and O–H groups in total. The molecule has 8 heteroatoms. The Morgan fingerprint density at radius 3 is 2.68 bits per heavy atom. The highest BCUT2D eigenvalue weighted by Gasteiger charge is 2.33. The molecule has 2 aromatic heterocycles. The summed E-state index contributed by atoms with van der Waals surface area (Å²) in [6.45, 7) is 5.23. The second-order valence-electron chi connectivity index (χ2n) is 6.88. The van der Waals surface area contributed by atoms with Gasteiger partial charge >= 0.3 is 6.03 Å². The van der Waals surface area contributed by atoms with Gasteiger partial charge < -0.3 is 14.8 Å². The van der Waals surface area contributed by atoms with Gasteiger partial charge in [0.2, 0.25) is 0 Å². The average molecular weight is 341 g/mol. The van der Waals surface area contributed by atoms with Crippen LogP contribution in [0.25, 0.3) is 0 Å². The highest BCUT2D eigenvalue weighted by Crippen LogP contribution is 2.35. The largest absolute Gasteiger partial charge is 0.322 e. The third-order valence-electron chi connectivity index (χ3n) is 5.34. The molecule has 4 rings (SSSR count). The van der Waals surface area contributed by atoms with Crippen LogP contribution in [0, 0.1) is 6.92 Å². The second kappa shape index (κ2) is 6.42. The molecule has 25 heavy (non-hydrogen) atoms. The third kappa shape index (κ3) is 2.85. The molecule has 2 amide bonds. The summed E-state index contributed by atoms with van der Waals surface area (Å²) in [7, 11) is 0. The van der Waals surface area contributed by atoms with Crippen molar-refractivity contribution in [1.29, 1.82) is 0 Å². The number of carbonyl (C=O) groups is 1. The number of anilines is 1. The van der Waals surface area contributed by atoms with E-state index in [1.54, 1.807) is 12.3 Å². The topological polar surface area (TPSA) is 88.8 Å². The SMILES string of the molecule is Cc1nnccc1NC(=O)N1CCn2c(C3CCCC3)nnc2C1C. The number of nitrogens with zero attached hydrogens (tertiary/aromatic N) is 6. The molecule has 0 saturated heterocycles. The van der Waals surface area contributed by atoms with Gasteiger partial charge in [-0.3, -0.25) is 0 Å². The Balaban J connectivity index is 1.52. The van der Waals surface area contributed by atoms with Gasteiger partial charge in [-0.25, -0.2) is 4.79 Å². The highest BCUT2D eigenvalue weighted by atomic mass is 16.2. The summed E-state index contributed by atoms with van der Waals surface area (Å²) in [6, 6.07) is 1.52. The summed E-state index contributed by atoms with van der Waals surface area (Å²) in [5.41, 5.74) is 1.39. The zero-order valence-corrected chi connectivity index (χ0v) is 14.6. The van der Waals surface area contributed by atoms with Crippen LogP contribution in [0.5, 0.6) is 0 Å². The molecule has 8 nitrogen and oxygen atoms in total. The monoisotopic (exact) mass is 341 g/mol. The van der Waals surface area contributed by atoms with Crippen LogP contribution < -0.4 is 5.32 Å². The molecule has 3 heterocycles. The number of aromatic nitrogens is 5. The van der Waals surface area contributed by atoms with Gasteiger partial charge in [0.15, 0.2) is 5.82 Å². The molecular formula is C17H23N7O. The zero-order chi connectivity index (χ0) is 17.4. The first kappa shape index (κ1) is 16.0. The maximum absolute atomic E-state index is 12.7. The van der Waals surface area contributed by atoms with Gasteiger partial charge in [0, 0.05) is 19.0 Å². The van der Waals surface area contributed by atoms with Crippen LogP contribution in [-0.2, 0) is 6.54 Å². The Labute approximate surface area is 146 Å². The standard InChI is InChI=1S/C17H23N7O/c1-11-14(7-8-18-20-11)19-17(25)23-9-10-24-15(12(23)2)21-22-16(24)13-5-3-4-6-13/h7-8,12-13H,3-6,9-10H2,1-2H3,(H,18,19,25). The Morgan fingerprint density at radius 2 is 1.92 bits per heavy atom. The van der Waals surface area contributed by atoms with Gasteiger partial charge in [-0.2, -0.15) is 10.2 Å². The lowest BCUT2D eigenvalue weighted by Gasteiger charge is -2.34. The minimum absolute atomic E-state index is 0.105. The number of rotatable bonds is 2. The molecular weight excluding hydrogens is 318 g/mol. The normalized spacial score (nSPS) is 20.6. The van der Waals surface area contributed by atoms with Gasteiger partial charge in [-0.1, -0.05) is 12.8 Å². The van der Waals surface area contributed by atoms with Crippen LogP contribution in [0.4, 0.5) is 10.5 Å². The average Bonchev–Trinajstić information content (AvgIpc) is 3.26. The number of hydrogen-bond donors (Lipinski definition) is 1. The molecule has 0 bridgehead atoms. The van der Waals surface area contributed by atoms with Gasteiger partial charge in [-0.15, -0.1) is 10.2 Å². The van der Waals surface area contributed by atoms with Crippen molar-refractivity contribution in [2.75, 3.05) is 11.9 Å². The number of hydrogen-bond acceptors (Lipinski definition) is 5. The number of nitrogens with one attached hydrogen (secondary N) is 1. The van der Waals surface area contributed by atoms with Crippen LogP contribution in [0.2, 0.25) is 0 Å². The fourth-order valence-corrected chi connectivity index (χ4v) is 3.89. The molecule has 1 fully saturated rings. The third-order valence-corrected chi connectivity index (χ3v) is 5.34. The van der Waals surface area contributed by atoms with E-state index in [-0.39, 0.29) is 12.1 Å². The molecule has 0 spiro atoms. The molecule has 1 saturated carbocycles. The first-order valence-electron chi connectivity index (χ1n) is 8.94. The van der Waals surface area contributed by atoms with E-state index < -0.39 is 0 Å². The molecule has 2 aliphatic rings. The number of urea groups is 1. The Morgan fingerprint density at radius 1 is 1.16 bits per heavy atom. The molecule has 1 atom stereocenters. The number of aryl methyl sites for hydroxylation is 1. The van der Waals surface area contributed by atoms with Crippen molar-refractivity contribution in [1.82, 2.24) is 29.9 Å². The molecule has 2 aromatic rings. The molecule has 0 radical (unpaired) electrons. The first-order valence-corrected chi connectivity index (χ1v) is 8.94. The fourth-order valence-electron chi connectivity index (χ4n) is 3.89. The van der Waals surface area contributed by atoms with Crippen molar-refractivity contribution in [2.45, 2.75) is 58.0 Å². The van der Waals surface area contributed by atoms with Gasteiger partial charge in [0.05, 0.1) is 23.6 Å². The number of fused-ring (bicyclic) bond motifs is 1. The zero-order valence-electron chi connectivity index (χ0n) is 14.6. The van der Waals surface area contributed by atoms with Crippen molar-refractivity contribution < 1.29 is 4.79 Å². The molecule has 1 aliphatic carbocycles. The summed E-state index contributed by atoms with van der Waals surface area (Å²) < 4.78 is 2.23. The molecule has 132 valence electrons. The van der Waals surface area contributed by atoms with Gasteiger partial charge in [0.25, 0.3) is 0 Å². The van der Waals surface area contributed by atoms with Crippen LogP contribution in [0.15, 0.2) is 12.3 Å². The summed E-state index contributed by atoms with van der Waals surface area (Å²) in [5, 5.41) is 19.6. The Bertz CT molecular complexity index is 781. The molecule has 0 aromatic carbocycles. The van der Waals surface area contributed by atoms with E-state index in [1.165, 1.54) is 25.7 Å². The van der Waals surface area contributed by atoms with Crippen LogP contribution >= 0.6 is 0 Å². The predicted molar refractivity (Wildman–Crippen MR) is 92.1 cm³/mol. The first-order chi connectivity index (χ1) is 12.1. The van der Waals surface area contributed by atoms with Crippen LogP contribution in [0.3, 0.4) is 0 Å². The minimum atomic E-state index is -0.139. The van der Waals surface area contributed by atoms with Crippen molar-refractivity contribution in [3.8, 4) is 0 Å². The lowest BCUT2D eigenvalue weighted by Crippen LogP contribution is -2.43. The van der Waals surface area contributed by atoms with E-state index in [1.807, 2.05) is 18.7 Å².